The number of nitrogens with two attached hydrogens (primary N) is 1. The largest absolute Gasteiger partial charge is 0.443 e. The second-order valence-electron chi connectivity index (χ2n) is 6.53. The van der Waals surface area contributed by atoms with Crippen LogP contribution >= 0.6 is 15.9 Å². The third-order valence-electron chi connectivity index (χ3n) is 3.28. The first-order valence-corrected chi connectivity index (χ1v) is 8.48. The topological polar surface area (TPSA) is 104 Å². The average molecular weight is 398 g/mol. The average Bonchev–Trinajstić information content (AvgIpc) is 2.44. The molecule has 0 bridgehead atoms. The fourth-order valence-electron chi connectivity index (χ4n) is 2.00. The first-order valence-electron chi connectivity index (χ1n) is 7.69. The van der Waals surface area contributed by atoms with Crippen molar-refractivity contribution in [1.29, 1.82) is 5.26 Å². The summed E-state index contributed by atoms with van der Waals surface area (Å²) in [5.74, 6) is 0.736. The molecule has 0 saturated heterocycles. The molecule has 0 aromatic rings. The molecule has 1 fully saturated rings. The molecule has 0 aromatic heterocycles. The van der Waals surface area contributed by atoms with Crippen molar-refractivity contribution >= 4 is 27.9 Å². The molecule has 132 valence electrons. The number of allylic oxidation sites excluding steroid dienone is 1. The molecule has 3 N–H and O–H groups in total. The molecule has 1 rings (SSSR count). The van der Waals surface area contributed by atoms with Crippen molar-refractivity contribution in [3.8, 4) is 6.07 Å². The van der Waals surface area contributed by atoms with E-state index in [1.54, 1.807) is 25.8 Å². The van der Waals surface area contributed by atoms with Gasteiger partial charge in [-0.1, -0.05) is 13.0 Å². The maximum absolute atomic E-state index is 12.1. The van der Waals surface area contributed by atoms with Gasteiger partial charge in [0, 0.05) is 12.7 Å². The van der Waals surface area contributed by atoms with Crippen molar-refractivity contribution < 1.29 is 9.53 Å². The number of nitriles is 1. The van der Waals surface area contributed by atoms with E-state index in [1.165, 1.54) is 6.20 Å². The number of rotatable bonds is 4. The minimum Gasteiger partial charge on any atom is -0.443 e. The molecular formula is C16H24BrN5O2. The van der Waals surface area contributed by atoms with E-state index < -0.39 is 11.7 Å². The van der Waals surface area contributed by atoms with Gasteiger partial charge in [0.15, 0.2) is 5.84 Å². The lowest BCUT2D eigenvalue weighted by Crippen LogP contribution is -2.50. The summed E-state index contributed by atoms with van der Waals surface area (Å²) in [6.45, 7) is 9.45. The van der Waals surface area contributed by atoms with Crippen molar-refractivity contribution in [3.05, 3.63) is 23.0 Å². The maximum atomic E-state index is 12.1. The van der Waals surface area contributed by atoms with E-state index in [4.69, 9.17) is 15.7 Å². The molecule has 0 aliphatic heterocycles. The molecule has 0 aromatic carbocycles. The summed E-state index contributed by atoms with van der Waals surface area (Å²) >= 11 is 3.30. The van der Waals surface area contributed by atoms with Gasteiger partial charge in [-0.3, -0.25) is 5.01 Å². The monoisotopic (exact) mass is 397 g/mol. The molecular weight excluding hydrogens is 374 g/mol. The Balaban J connectivity index is 3.03. The number of nitrogens with one attached hydrogen (secondary N) is 1. The molecule has 8 heteroatoms. The SMILES string of the molecule is C=C(C#N)/N=C(\C(Br)=C/N)N(CC1CCC1)NC(=O)OC(C)(C)C. The lowest BCUT2D eigenvalue weighted by atomic mass is 9.85. The standard InChI is InChI=1S/C16H24BrN5O2/c1-11(8-18)20-14(13(17)9-19)22(10-12-6-5-7-12)21-15(23)24-16(2,3)4/h9,12H,1,5-7,10,19H2,2-4H3,(H,21,23)/b13-9+,20-14+. The molecule has 1 amide bonds. The molecule has 1 saturated carbocycles. The van der Waals surface area contributed by atoms with Crippen LogP contribution in [0.3, 0.4) is 0 Å². The van der Waals surface area contributed by atoms with Gasteiger partial charge in [0.2, 0.25) is 0 Å². The lowest BCUT2D eigenvalue weighted by Gasteiger charge is -2.34. The van der Waals surface area contributed by atoms with Crippen LogP contribution in [0.1, 0.15) is 40.0 Å². The smallest absolute Gasteiger partial charge is 0.426 e. The highest BCUT2D eigenvalue weighted by Gasteiger charge is 2.27. The highest BCUT2D eigenvalue weighted by atomic mass is 79.9. The van der Waals surface area contributed by atoms with Crippen LogP contribution in [-0.2, 0) is 4.74 Å². The summed E-state index contributed by atoms with van der Waals surface area (Å²) in [6, 6.07) is 1.86. The van der Waals surface area contributed by atoms with E-state index >= 15 is 0 Å². The van der Waals surface area contributed by atoms with Crippen LogP contribution in [0.25, 0.3) is 0 Å². The Morgan fingerprint density at radius 1 is 1.58 bits per heavy atom. The van der Waals surface area contributed by atoms with Crippen molar-refractivity contribution in [2.45, 2.75) is 45.6 Å². The van der Waals surface area contributed by atoms with Gasteiger partial charge in [-0.15, -0.1) is 0 Å². The quantitative estimate of drug-likeness (QED) is 0.328. The van der Waals surface area contributed by atoms with Crippen LogP contribution < -0.4 is 11.2 Å². The van der Waals surface area contributed by atoms with Gasteiger partial charge in [-0.2, -0.15) is 5.26 Å². The van der Waals surface area contributed by atoms with E-state index in [1.807, 2.05) is 6.07 Å². The summed E-state index contributed by atoms with van der Waals surface area (Å²) in [5.41, 5.74) is 7.63. The predicted octanol–water partition coefficient (Wildman–Crippen LogP) is 3.16. The van der Waals surface area contributed by atoms with E-state index in [-0.39, 0.29) is 5.70 Å². The molecule has 7 nitrogen and oxygen atoms in total. The van der Waals surface area contributed by atoms with Crippen LogP contribution in [-0.4, -0.2) is 29.1 Å². The van der Waals surface area contributed by atoms with E-state index in [0.717, 1.165) is 19.3 Å². The van der Waals surface area contributed by atoms with Crippen molar-refractivity contribution in [2.75, 3.05) is 6.54 Å². The summed E-state index contributed by atoms with van der Waals surface area (Å²) in [5, 5.41) is 10.5. The highest BCUT2D eigenvalue weighted by Crippen LogP contribution is 2.27. The van der Waals surface area contributed by atoms with Gasteiger partial charge in [0.1, 0.15) is 17.4 Å². The first kappa shape index (κ1) is 20.0. The molecule has 0 unspecified atom stereocenters. The van der Waals surface area contributed by atoms with Crippen LogP contribution in [0, 0.1) is 17.2 Å². The van der Waals surface area contributed by atoms with Gasteiger partial charge in [0.05, 0.1) is 4.48 Å². The summed E-state index contributed by atoms with van der Waals surface area (Å²) < 4.78 is 5.74. The maximum Gasteiger partial charge on any atom is 0.426 e. The van der Waals surface area contributed by atoms with Crippen molar-refractivity contribution in [1.82, 2.24) is 10.4 Å². The number of carbonyl (C=O) groups is 1. The Labute approximate surface area is 151 Å². The normalized spacial score (nSPS) is 16.0. The van der Waals surface area contributed by atoms with Gasteiger partial charge in [-0.25, -0.2) is 15.2 Å². The number of nitrogens with zero attached hydrogens (tertiary/aromatic N) is 3. The summed E-state index contributed by atoms with van der Waals surface area (Å²) in [7, 11) is 0. The van der Waals surface area contributed by atoms with Crippen molar-refractivity contribution in [3.63, 3.8) is 0 Å². The van der Waals surface area contributed by atoms with Gasteiger partial charge < -0.3 is 10.5 Å². The molecule has 0 spiro atoms. The number of amides is 1. The number of ether oxygens (including phenoxy) is 1. The van der Waals surface area contributed by atoms with Gasteiger partial charge >= 0.3 is 6.09 Å². The van der Waals surface area contributed by atoms with Crippen LogP contribution in [0.2, 0.25) is 0 Å². The molecule has 0 radical (unpaired) electrons. The Hall–Kier alpha value is -2.01. The number of amidine groups is 1. The van der Waals surface area contributed by atoms with Gasteiger partial charge in [-0.05, 0) is 55.5 Å². The fraction of sp³-hybridized carbons (Fsp3) is 0.562. The van der Waals surface area contributed by atoms with Crippen LogP contribution in [0.15, 0.2) is 28.0 Å². The number of aliphatic imine (C=N–C) groups is 1. The third-order valence-corrected chi connectivity index (χ3v) is 3.90. The number of halogens is 1. The Morgan fingerprint density at radius 3 is 2.62 bits per heavy atom. The zero-order valence-electron chi connectivity index (χ0n) is 14.3. The van der Waals surface area contributed by atoms with Crippen LogP contribution in [0.4, 0.5) is 4.79 Å². The molecule has 0 heterocycles. The Kier molecular flexibility index (Phi) is 7.29. The fourth-order valence-corrected chi connectivity index (χ4v) is 2.30. The molecule has 24 heavy (non-hydrogen) atoms. The Bertz CT molecular complexity index is 582. The predicted molar refractivity (Wildman–Crippen MR) is 96.8 cm³/mol. The number of hydrazine groups is 1. The Morgan fingerprint density at radius 2 is 2.21 bits per heavy atom. The van der Waals surface area contributed by atoms with E-state index in [0.29, 0.717) is 22.8 Å². The van der Waals surface area contributed by atoms with Gasteiger partial charge in [0.25, 0.3) is 0 Å². The second-order valence-corrected chi connectivity index (χ2v) is 7.38. The minimum atomic E-state index is -0.624. The zero-order chi connectivity index (χ0) is 18.3. The minimum absolute atomic E-state index is 0.00778. The van der Waals surface area contributed by atoms with E-state index in [2.05, 4.69) is 32.9 Å². The third kappa shape index (κ3) is 6.62. The number of carbonyl (C=O) groups excluding carboxylic acids is 1. The summed E-state index contributed by atoms with van der Waals surface area (Å²) in [6.07, 6.45) is 4.00. The highest BCUT2D eigenvalue weighted by molar-refractivity contribution is 9.12. The van der Waals surface area contributed by atoms with Crippen molar-refractivity contribution in [2.24, 2.45) is 16.6 Å². The summed E-state index contributed by atoms with van der Waals surface area (Å²) in [4.78, 5) is 16.3. The number of hydrogen-bond donors (Lipinski definition) is 2. The molecule has 0 atom stereocenters. The zero-order valence-corrected chi connectivity index (χ0v) is 15.9. The lowest BCUT2D eigenvalue weighted by molar-refractivity contribution is 0.0390. The first-order chi connectivity index (χ1) is 11.2. The molecule has 1 aliphatic rings. The number of hydrogen-bond acceptors (Lipinski definition) is 5. The van der Waals surface area contributed by atoms with E-state index in [9.17, 15) is 4.79 Å². The van der Waals surface area contributed by atoms with Crippen LogP contribution in [0.5, 0.6) is 0 Å². The second kappa shape index (κ2) is 8.73. The molecule has 1 aliphatic carbocycles.